The Labute approximate surface area is 133 Å². The Morgan fingerprint density at radius 3 is 2.14 bits per heavy atom. The van der Waals surface area contributed by atoms with Crippen LogP contribution in [0.2, 0.25) is 0 Å². The van der Waals surface area contributed by atoms with Crippen LogP contribution in [-0.2, 0) is 14.6 Å². The second-order valence-corrected chi connectivity index (χ2v) is 9.17. The zero-order valence-corrected chi connectivity index (χ0v) is 14.2. The van der Waals surface area contributed by atoms with Gasteiger partial charge in [0.15, 0.2) is 14.6 Å². The van der Waals surface area contributed by atoms with Crippen LogP contribution in [-0.4, -0.2) is 56.4 Å². The van der Waals surface area contributed by atoms with E-state index in [9.17, 15) is 13.2 Å². The maximum atomic E-state index is 12.9. The number of nitrogens with one attached hydrogen (secondary N) is 1. The third kappa shape index (κ3) is 2.70. The molecule has 0 unspecified atom stereocenters. The number of halogens is 1. The molecule has 1 amide bonds. The van der Waals surface area contributed by atoms with Crippen molar-refractivity contribution >= 4 is 28.2 Å². The first-order valence-electron chi connectivity index (χ1n) is 7.58. The van der Waals surface area contributed by atoms with Gasteiger partial charge >= 0.3 is 0 Å². The van der Waals surface area contributed by atoms with Gasteiger partial charge in [-0.1, -0.05) is 6.42 Å². The number of rotatable bonds is 2. The molecule has 0 aromatic carbocycles. The number of amides is 1. The van der Waals surface area contributed by atoms with Gasteiger partial charge in [-0.2, -0.15) is 0 Å². The molecule has 0 aromatic heterocycles. The molecule has 0 radical (unpaired) electrons. The van der Waals surface area contributed by atoms with Crippen molar-refractivity contribution in [1.29, 1.82) is 0 Å². The monoisotopic (exact) mass is 336 g/mol. The molecule has 0 aromatic rings. The summed E-state index contributed by atoms with van der Waals surface area (Å²) in [6.07, 6.45) is 6.75. The van der Waals surface area contributed by atoms with Gasteiger partial charge in [0.25, 0.3) is 0 Å². The highest BCUT2D eigenvalue weighted by molar-refractivity contribution is 7.92. The number of likely N-dealkylation sites (tertiary alicyclic amines) is 1. The Balaban J connectivity index is 0.00000161. The Morgan fingerprint density at radius 2 is 1.71 bits per heavy atom. The van der Waals surface area contributed by atoms with Gasteiger partial charge in [-0.25, -0.2) is 8.42 Å². The number of hydrogen-bond donors (Lipinski definition) is 1. The fourth-order valence-corrected chi connectivity index (χ4v) is 5.45. The van der Waals surface area contributed by atoms with E-state index >= 15 is 0 Å². The number of nitrogens with zero attached hydrogens (tertiary/aromatic N) is 1. The van der Waals surface area contributed by atoms with E-state index in [2.05, 4.69) is 5.32 Å². The minimum absolute atomic E-state index is 0. The lowest BCUT2D eigenvalue weighted by Crippen LogP contribution is -2.58. The van der Waals surface area contributed by atoms with E-state index in [0.29, 0.717) is 31.3 Å². The van der Waals surface area contributed by atoms with Crippen LogP contribution < -0.4 is 5.32 Å². The molecular formula is C14H25ClN2O3S. The van der Waals surface area contributed by atoms with Crippen molar-refractivity contribution in [3.63, 3.8) is 0 Å². The first-order chi connectivity index (χ1) is 9.39. The number of carbonyl (C=O) groups is 1. The molecule has 0 atom stereocenters. The molecular weight excluding hydrogens is 312 g/mol. The highest BCUT2D eigenvalue weighted by atomic mass is 35.5. The predicted octanol–water partition coefficient (Wildman–Crippen LogP) is 0.978. The van der Waals surface area contributed by atoms with Crippen molar-refractivity contribution in [1.82, 2.24) is 10.2 Å². The first kappa shape index (κ1) is 17.0. The van der Waals surface area contributed by atoms with Gasteiger partial charge < -0.3 is 10.2 Å². The highest BCUT2D eigenvalue weighted by Gasteiger charge is 2.53. The number of piperidine rings is 1. The second-order valence-electron chi connectivity index (χ2n) is 6.85. The Morgan fingerprint density at radius 1 is 1.10 bits per heavy atom. The third-order valence-electron chi connectivity index (χ3n) is 5.65. The number of hydrogen-bond acceptors (Lipinski definition) is 4. The molecule has 2 saturated heterocycles. The Kier molecular flexibility index (Phi) is 4.63. The van der Waals surface area contributed by atoms with Crippen LogP contribution in [0.25, 0.3) is 0 Å². The molecule has 7 heteroatoms. The SMILES string of the molecule is CS(=O)(=O)C1(C(=O)N2CCC3(CCC3)C2)CCNCC1.Cl. The molecule has 1 saturated carbocycles. The quantitative estimate of drug-likeness (QED) is 0.816. The number of carbonyl (C=O) groups excluding carboxylic acids is 1. The zero-order valence-electron chi connectivity index (χ0n) is 12.6. The normalized spacial score (nSPS) is 27.0. The van der Waals surface area contributed by atoms with Gasteiger partial charge in [-0.15, -0.1) is 12.4 Å². The van der Waals surface area contributed by atoms with Crippen LogP contribution in [0.5, 0.6) is 0 Å². The van der Waals surface area contributed by atoms with Crippen molar-refractivity contribution < 1.29 is 13.2 Å². The summed E-state index contributed by atoms with van der Waals surface area (Å²) >= 11 is 0. The average molecular weight is 337 g/mol. The zero-order chi connectivity index (χ0) is 14.4. The smallest absolute Gasteiger partial charge is 0.244 e. The molecule has 2 heterocycles. The van der Waals surface area contributed by atoms with E-state index in [1.807, 2.05) is 4.90 Å². The van der Waals surface area contributed by atoms with E-state index in [4.69, 9.17) is 0 Å². The minimum Gasteiger partial charge on any atom is -0.341 e. The summed E-state index contributed by atoms with van der Waals surface area (Å²) in [5.41, 5.74) is 0.321. The summed E-state index contributed by atoms with van der Waals surface area (Å²) in [7, 11) is -3.38. The molecule has 122 valence electrons. The lowest BCUT2D eigenvalue weighted by molar-refractivity contribution is -0.134. The van der Waals surface area contributed by atoms with E-state index in [-0.39, 0.29) is 18.3 Å². The van der Waals surface area contributed by atoms with Gasteiger partial charge in [0.1, 0.15) is 0 Å². The molecule has 3 aliphatic rings. The van der Waals surface area contributed by atoms with Crippen LogP contribution in [0, 0.1) is 5.41 Å². The number of sulfone groups is 1. The molecule has 1 N–H and O–H groups in total. The molecule has 2 aliphatic heterocycles. The maximum Gasteiger partial charge on any atom is 0.244 e. The lowest BCUT2D eigenvalue weighted by Gasteiger charge is -2.40. The largest absolute Gasteiger partial charge is 0.341 e. The fourth-order valence-electron chi connectivity index (χ4n) is 4.06. The van der Waals surface area contributed by atoms with Crippen LogP contribution >= 0.6 is 12.4 Å². The fraction of sp³-hybridized carbons (Fsp3) is 0.929. The molecule has 3 rings (SSSR count). The highest BCUT2D eigenvalue weighted by Crippen LogP contribution is 2.48. The Hall–Kier alpha value is -0.330. The van der Waals surface area contributed by atoms with Crippen LogP contribution in [0.15, 0.2) is 0 Å². The van der Waals surface area contributed by atoms with Crippen molar-refractivity contribution in [2.75, 3.05) is 32.4 Å². The van der Waals surface area contributed by atoms with Crippen molar-refractivity contribution in [3.8, 4) is 0 Å². The second kappa shape index (κ2) is 5.70. The Bertz CT molecular complexity index is 510. The van der Waals surface area contributed by atoms with Crippen LogP contribution in [0.1, 0.15) is 38.5 Å². The van der Waals surface area contributed by atoms with Gasteiger partial charge in [0, 0.05) is 19.3 Å². The maximum absolute atomic E-state index is 12.9. The van der Waals surface area contributed by atoms with E-state index in [1.165, 1.54) is 25.5 Å². The summed E-state index contributed by atoms with van der Waals surface area (Å²) in [5, 5.41) is 3.16. The lowest BCUT2D eigenvalue weighted by atomic mass is 9.68. The van der Waals surface area contributed by atoms with Crippen LogP contribution in [0.3, 0.4) is 0 Å². The van der Waals surface area contributed by atoms with Crippen molar-refractivity contribution in [2.45, 2.75) is 43.3 Å². The first-order valence-corrected chi connectivity index (χ1v) is 9.48. The summed E-state index contributed by atoms with van der Waals surface area (Å²) in [6.45, 7) is 2.73. The summed E-state index contributed by atoms with van der Waals surface area (Å²) in [6, 6.07) is 0. The third-order valence-corrected chi connectivity index (χ3v) is 7.65. The van der Waals surface area contributed by atoms with Gasteiger partial charge in [-0.05, 0) is 50.6 Å². The van der Waals surface area contributed by atoms with Crippen LogP contribution in [0.4, 0.5) is 0 Å². The van der Waals surface area contributed by atoms with Gasteiger partial charge in [0.2, 0.25) is 5.91 Å². The van der Waals surface area contributed by atoms with Crippen molar-refractivity contribution in [3.05, 3.63) is 0 Å². The minimum atomic E-state index is -3.38. The van der Waals surface area contributed by atoms with E-state index in [0.717, 1.165) is 19.5 Å². The molecule has 21 heavy (non-hydrogen) atoms. The summed E-state index contributed by atoms with van der Waals surface area (Å²) < 4.78 is 23.4. The summed E-state index contributed by atoms with van der Waals surface area (Å²) in [5.74, 6) is -0.134. The molecule has 1 spiro atoms. The molecule has 5 nitrogen and oxygen atoms in total. The molecule has 3 fully saturated rings. The predicted molar refractivity (Wildman–Crippen MR) is 84.4 cm³/mol. The summed E-state index contributed by atoms with van der Waals surface area (Å²) in [4.78, 5) is 14.8. The molecule has 1 aliphatic carbocycles. The average Bonchev–Trinajstić information content (AvgIpc) is 2.82. The van der Waals surface area contributed by atoms with Gasteiger partial charge in [0.05, 0.1) is 0 Å². The standard InChI is InChI=1S/C14H24N2O3S.ClH/c1-20(18,19)14(5-8-15-9-6-14)12(17)16-10-7-13(11-16)3-2-4-13;/h15H,2-11H2,1H3;1H. The van der Waals surface area contributed by atoms with E-state index in [1.54, 1.807) is 0 Å². The molecule has 0 bridgehead atoms. The van der Waals surface area contributed by atoms with Gasteiger partial charge in [-0.3, -0.25) is 4.79 Å². The van der Waals surface area contributed by atoms with E-state index < -0.39 is 14.6 Å². The van der Waals surface area contributed by atoms with Crippen molar-refractivity contribution in [2.24, 2.45) is 5.41 Å². The topological polar surface area (TPSA) is 66.5 Å².